The molecule has 0 aliphatic heterocycles. The molecule has 2 rings (SSSR count). The molecule has 1 aliphatic carbocycles. The number of carbonyl (C=O) groups is 1. The lowest BCUT2D eigenvalue weighted by atomic mass is 9.94. The number of methoxy groups -OCH3 is 1. The molecule has 0 saturated heterocycles. The Balaban J connectivity index is 1.86. The lowest BCUT2D eigenvalue weighted by molar-refractivity contribution is -0.136. The summed E-state index contributed by atoms with van der Waals surface area (Å²) in [5.74, 6) is 1.56. The van der Waals surface area contributed by atoms with Crippen LogP contribution in [-0.4, -0.2) is 37.1 Å². The molecular weight excluding hydrogens is 266 g/mol. The summed E-state index contributed by atoms with van der Waals surface area (Å²) in [6, 6.07) is 7.71. The van der Waals surface area contributed by atoms with Crippen LogP contribution in [0.1, 0.15) is 39.0 Å². The standard InChI is InChI=1S/C17H25NO3/c1-3-18(14-7-5-4-6-8-14)17(19)13-21-16-11-9-15(20-2)10-12-16/h9-12,14H,3-8,13H2,1-2H3. The van der Waals surface area contributed by atoms with Crippen LogP contribution in [-0.2, 0) is 4.79 Å². The molecule has 1 amide bonds. The molecule has 21 heavy (non-hydrogen) atoms. The smallest absolute Gasteiger partial charge is 0.260 e. The van der Waals surface area contributed by atoms with Crippen LogP contribution in [0.15, 0.2) is 24.3 Å². The highest BCUT2D eigenvalue weighted by molar-refractivity contribution is 5.78. The van der Waals surface area contributed by atoms with Gasteiger partial charge in [-0.3, -0.25) is 4.79 Å². The molecule has 0 bridgehead atoms. The van der Waals surface area contributed by atoms with Crippen molar-refractivity contribution in [3.63, 3.8) is 0 Å². The second kappa shape index (κ2) is 7.91. The van der Waals surface area contributed by atoms with Crippen LogP contribution in [0, 0.1) is 0 Å². The molecule has 0 radical (unpaired) electrons. The second-order valence-electron chi connectivity index (χ2n) is 5.44. The first-order valence-electron chi connectivity index (χ1n) is 7.81. The normalized spacial score (nSPS) is 15.5. The summed E-state index contributed by atoms with van der Waals surface area (Å²) in [4.78, 5) is 14.3. The molecule has 4 heteroatoms. The molecule has 1 aromatic rings. The summed E-state index contributed by atoms with van der Waals surface area (Å²) in [6.45, 7) is 2.91. The van der Waals surface area contributed by atoms with Crippen molar-refractivity contribution in [2.45, 2.75) is 45.1 Å². The Morgan fingerprint density at radius 1 is 1.14 bits per heavy atom. The summed E-state index contributed by atoms with van der Waals surface area (Å²) in [6.07, 6.45) is 6.01. The number of amides is 1. The zero-order valence-electron chi connectivity index (χ0n) is 13.0. The first-order chi connectivity index (χ1) is 10.2. The average molecular weight is 291 g/mol. The van der Waals surface area contributed by atoms with Gasteiger partial charge in [-0.05, 0) is 44.0 Å². The van der Waals surface area contributed by atoms with Gasteiger partial charge in [0.05, 0.1) is 7.11 Å². The van der Waals surface area contributed by atoms with E-state index >= 15 is 0 Å². The number of nitrogens with zero attached hydrogens (tertiary/aromatic N) is 1. The quantitative estimate of drug-likeness (QED) is 0.807. The van der Waals surface area contributed by atoms with Crippen LogP contribution in [0.5, 0.6) is 11.5 Å². The van der Waals surface area contributed by atoms with Gasteiger partial charge in [0.25, 0.3) is 5.91 Å². The highest BCUT2D eigenvalue weighted by Gasteiger charge is 2.24. The monoisotopic (exact) mass is 291 g/mol. The van der Waals surface area contributed by atoms with Crippen LogP contribution >= 0.6 is 0 Å². The maximum atomic E-state index is 12.3. The molecule has 116 valence electrons. The fourth-order valence-corrected chi connectivity index (χ4v) is 2.93. The topological polar surface area (TPSA) is 38.8 Å². The summed E-state index contributed by atoms with van der Waals surface area (Å²) in [5.41, 5.74) is 0. The van der Waals surface area contributed by atoms with Crippen molar-refractivity contribution >= 4 is 5.91 Å². The average Bonchev–Trinajstić information content (AvgIpc) is 2.55. The van der Waals surface area contributed by atoms with E-state index < -0.39 is 0 Å². The van der Waals surface area contributed by atoms with E-state index in [2.05, 4.69) is 0 Å². The zero-order valence-corrected chi connectivity index (χ0v) is 13.0. The van der Waals surface area contributed by atoms with Gasteiger partial charge >= 0.3 is 0 Å². The van der Waals surface area contributed by atoms with Crippen LogP contribution in [0.4, 0.5) is 0 Å². The Morgan fingerprint density at radius 3 is 2.33 bits per heavy atom. The molecule has 1 aliphatic rings. The lowest BCUT2D eigenvalue weighted by Gasteiger charge is -2.33. The molecule has 1 aromatic carbocycles. The molecule has 0 spiro atoms. The number of carbonyl (C=O) groups excluding carboxylic acids is 1. The van der Waals surface area contributed by atoms with Crippen molar-refractivity contribution in [3.8, 4) is 11.5 Å². The molecule has 0 heterocycles. The van der Waals surface area contributed by atoms with Crippen molar-refractivity contribution < 1.29 is 14.3 Å². The Bertz CT molecular complexity index is 438. The molecule has 0 unspecified atom stereocenters. The third-order valence-electron chi connectivity index (χ3n) is 4.10. The van der Waals surface area contributed by atoms with Crippen LogP contribution in [0.25, 0.3) is 0 Å². The van der Waals surface area contributed by atoms with Gasteiger partial charge in [-0.25, -0.2) is 0 Å². The van der Waals surface area contributed by atoms with Gasteiger partial charge in [-0.15, -0.1) is 0 Å². The molecule has 0 N–H and O–H groups in total. The number of benzene rings is 1. The minimum Gasteiger partial charge on any atom is -0.497 e. The predicted octanol–water partition coefficient (Wildman–Crippen LogP) is 3.26. The van der Waals surface area contributed by atoms with Crippen LogP contribution < -0.4 is 9.47 Å². The second-order valence-corrected chi connectivity index (χ2v) is 5.44. The van der Waals surface area contributed by atoms with E-state index in [4.69, 9.17) is 9.47 Å². The van der Waals surface area contributed by atoms with Crippen molar-refractivity contribution in [2.75, 3.05) is 20.3 Å². The fraction of sp³-hybridized carbons (Fsp3) is 0.588. The number of hydrogen-bond acceptors (Lipinski definition) is 3. The number of hydrogen-bond donors (Lipinski definition) is 0. The van der Waals surface area contributed by atoms with E-state index in [1.54, 1.807) is 7.11 Å². The van der Waals surface area contributed by atoms with Crippen molar-refractivity contribution in [1.82, 2.24) is 4.90 Å². The number of ether oxygens (including phenoxy) is 2. The Labute approximate surface area is 127 Å². The Morgan fingerprint density at radius 2 is 1.76 bits per heavy atom. The van der Waals surface area contributed by atoms with E-state index in [9.17, 15) is 4.79 Å². The minimum absolute atomic E-state index is 0.0835. The highest BCUT2D eigenvalue weighted by atomic mass is 16.5. The van der Waals surface area contributed by atoms with Crippen molar-refractivity contribution in [2.24, 2.45) is 0 Å². The summed E-state index contributed by atoms with van der Waals surface area (Å²) < 4.78 is 10.7. The summed E-state index contributed by atoms with van der Waals surface area (Å²) in [7, 11) is 1.63. The van der Waals surface area contributed by atoms with Gasteiger partial charge in [0, 0.05) is 12.6 Å². The Hall–Kier alpha value is -1.71. The highest BCUT2D eigenvalue weighted by Crippen LogP contribution is 2.23. The molecule has 1 fully saturated rings. The van der Waals surface area contributed by atoms with Crippen LogP contribution in [0.3, 0.4) is 0 Å². The van der Waals surface area contributed by atoms with Gasteiger partial charge in [0.15, 0.2) is 6.61 Å². The van der Waals surface area contributed by atoms with E-state index in [1.165, 1.54) is 19.3 Å². The van der Waals surface area contributed by atoms with Gasteiger partial charge in [-0.2, -0.15) is 0 Å². The van der Waals surface area contributed by atoms with Crippen LogP contribution in [0.2, 0.25) is 0 Å². The molecule has 4 nitrogen and oxygen atoms in total. The zero-order chi connectivity index (χ0) is 15.1. The fourth-order valence-electron chi connectivity index (χ4n) is 2.93. The predicted molar refractivity (Wildman–Crippen MR) is 82.7 cm³/mol. The molecule has 0 atom stereocenters. The van der Waals surface area contributed by atoms with Gasteiger partial charge in [0.1, 0.15) is 11.5 Å². The Kier molecular flexibility index (Phi) is 5.90. The largest absolute Gasteiger partial charge is 0.497 e. The number of likely N-dealkylation sites (N-methyl/N-ethyl adjacent to an activating group) is 1. The number of rotatable bonds is 6. The van der Waals surface area contributed by atoms with Gasteiger partial charge in [-0.1, -0.05) is 19.3 Å². The van der Waals surface area contributed by atoms with Crippen molar-refractivity contribution in [1.29, 1.82) is 0 Å². The van der Waals surface area contributed by atoms with E-state index in [-0.39, 0.29) is 12.5 Å². The SMILES string of the molecule is CCN(C(=O)COc1ccc(OC)cc1)C1CCCCC1. The third-order valence-corrected chi connectivity index (χ3v) is 4.10. The maximum Gasteiger partial charge on any atom is 0.260 e. The summed E-state index contributed by atoms with van der Waals surface area (Å²) in [5, 5.41) is 0. The van der Waals surface area contributed by atoms with Gasteiger partial charge in [0.2, 0.25) is 0 Å². The maximum absolute atomic E-state index is 12.3. The van der Waals surface area contributed by atoms with Crippen molar-refractivity contribution in [3.05, 3.63) is 24.3 Å². The van der Waals surface area contributed by atoms with E-state index in [0.717, 1.165) is 25.1 Å². The van der Waals surface area contributed by atoms with E-state index in [0.29, 0.717) is 11.8 Å². The first kappa shape index (κ1) is 15.7. The minimum atomic E-state index is 0.0835. The molecular formula is C17H25NO3. The van der Waals surface area contributed by atoms with E-state index in [1.807, 2.05) is 36.1 Å². The lowest BCUT2D eigenvalue weighted by Crippen LogP contribution is -2.43. The van der Waals surface area contributed by atoms with Gasteiger partial charge < -0.3 is 14.4 Å². The summed E-state index contributed by atoms with van der Waals surface area (Å²) >= 11 is 0. The first-order valence-corrected chi connectivity index (χ1v) is 7.81. The molecule has 1 saturated carbocycles. The molecule has 0 aromatic heterocycles. The third kappa shape index (κ3) is 4.38.